The van der Waals surface area contributed by atoms with Gasteiger partial charge in [0, 0.05) is 38.3 Å². The zero-order valence-electron chi connectivity index (χ0n) is 11.3. The van der Waals surface area contributed by atoms with E-state index < -0.39 is 0 Å². The molecule has 0 aromatic heterocycles. The summed E-state index contributed by atoms with van der Waals surface area (Å²) in [7, 11) is 0. The van der Waals surface area contributed by atoms with Gasteiger partial charge >= 0.3 is 0 Å². The summed E-state index contributed by atoms with van der Waals surface area (Å²) < 4.78 is 5.65. The molecule has 4 nitrogen and oxygen atoms in total. The fourth-order valence-corrected chi connectivity index (χ4v) is 2.17. The second-order valence-corrected chi connectivity index (χ2v) is 4.69. The molecule has 1 aromatic rings. The number of nitrogens with one attached hydrogen (secondary N) is 1. The lowest BCUT2D eigenvalue weighted by Crippen LogP contribution is -2.43. The summed E-state index contributed by atoms with van der Waals surface area (Å²) in [4.78, 5) is 2.38. The van der Waals surface area contributed by atoms with Crippen LogP contribution in [0.25, 0.3) is 0 Å². The number of unbranched alkanes of at least 4 members (excludes halogenated alkanes) is 2. The first kappa shape index (κ1) is 13.7. The lowest BCUT2D eigenvalue weighted by Gasteiger charge is -2.29. The SMILES string of the molecule is N#CCCCCOc1ccc(N2CCNCC2)cc1. The van der Waals surface area contributed by atoms with Crippen molar-refractivity contribution in [1.82, 2.24) is 5.32 Å². The standard InChI is InChI=1S/C15H21N3O/c16-8-2-1-3-13-19-15-6-4-14(5-7-15)18-11-9-17-10-12-18/h4-7,17H,1-3,9-13H2. The van der Waals surface area contributed by atoms with Crippen molar-refractivity contribution in [3.05, 3.63) is 24.3 Å². The summed E-state index contributed by atoms with van der Waals surface area (Å²) in [6.45, 7) is 4.92. The Morgan fingerprint density at radius 3 is 2.58 bits per heavy atom. The summed E-state index contributed by atoms with van der Waals surface area (Å²) in [5, 5.41) is 11.8. The van der Waals surface area contributed by atoms with Crippen molar-refractivity contribution in [1.29, 1.82) is 5.26 Å². The normalized spacial score (nSPS) is 15.0. The van der Waals surface area contributed by atoms with E-state index in [0.717, 1.165) is 44.8 Å². The third-order valence-corrected chi connectivity index (χ3v) is 3.27. The molecule has 0 radical (unpaired) electrons. The van der Waals surface area contributed by atoms with E-state index in [-0.39, 0.29) is 0 Å². The lowest BCUT2D eigenvalue weighted by atomic mass is 10.2. The molecule has 0 spiro atoms. The van der Waals surface area contributed by atoms with Crippen LogP contribution in [0.4, 0.5) is 5.69 Å². The van der Waals surface area contributed by atoms with Gasteiger partial charge in [-0.25, -0.2) is 0 Å². The number of anilines is 1. The minimum atomic E-state index is 0.616. The van der Waals surface area contributed by atoms with Crippen LogP contribution in [0.3, 0.4) is 0 Å². The fraction of sp³-hybridized carbons (Fsp3) is 0.533. The monoisotopic (exact) mass is 259 g/mol. The molecule has 1 N–H and O–H groups in total. The van der Waals surface area contributed by atoms with E-state index in [1.54, 1.807) is 0 Å². The zero-order valence-corrected chi connectivity index (χ0v) is 11.3. The maximum absolute atomic E-state index is 8.44. The van der Waals surface area contributed by atoms with Crippen LogP contribution in [-0.2, 0) is 0 Å². The highest BCUT2D eigenvalue weighted by Gasteiger charge is 2.09. The molecule has 0 aliphatic carbocycles. The van der Waals surface area contributed by atoms with Crippen LogP contribution in [0, 0.1) is 11.3 Å². The molecule has 1 aliphatic heterocycles. The highest BCUT2D eigenvalue weighted by molar-refractivity contribution is 5.49. The van der Waals surface area contributed by atoms with Crippen LogP contribution in [0.2, 0.25) is 0 Å². The summed E-state index contributed by atoms with van der Waals surface area (Å²) in [6.07, 6.45) is 2.47. The van der Waals surface area contributed by atoms with Crippen LogP contribution in [0.15, 0.2) is 24.3 Å². The van der Waals surface area contributed by atoms with Crippen molar-refractivity contribution in [3.63, 3.8) is 0 Å². The zero-order chi connectivity index (χ0) is 13.3. The molecule has 0 unspecified atom stereocenters. The number of nitrogens with zero attached hydrogens (tertiary/aromatic N) is 2. The molecular formula is C15H21N3O. The third-order valence-electron chi connectivity index (χ3n) is 3.27. The molecule has 0 saturated carbocycles. The highest BCUT2D eigenvalue weighted by atomic mass is 16.5. The Kier molecular flexibility index (Phi) is 5.51. The number of nitriles is 1. The van der Waals surface area contributed by atoms with Gasteiger partial charge in [0.1, 0.15) is 5.75 Å². The molecule has 1 aromatic carbocycles. The minimum absolute atomic E-state index is 0.616. The lowest BCUT2D eigenvalue weighted by molar-refractivity contribution is 0.307. The van der Waals surface area contributed by atoms with E-state index in [2.05, 4.69) is 28.4 Å². The van der Waals surface area contributed by atoms with Gasteiger partial charge in [0.2, 0.25) is 0 Å². The molecule has 1 aliphatic rings. The molecule has 0 atom stereocenters. The van der Waals surface area contributed by atoms with Crippen molar-refractivity contribution in [2.45, 2.75) is 19.3 Å². The van der Waals surface area contributed by atoms with Gasteiger partial charge in [0.25, 0.3) is 0 Å². The van der Waals surface area contributed by atoms with Gasteiger partial charge in [-0.1, -0.05) is 0 Å². The Morgan fingerprint density at radius 2 is 1.89 bits per heavy atom. The van der Waals surface area contributed by atoms with E-state index in [1.807, 2.05) is 12.1 Å². The number of rotatable bonds is 6. The number of ether oxygens (including phenoxy) is 1. The van der Waals surface area contributed by atoms with Crippen molar-refractivity contribution >= 4 is 5.69 Å². The molecule has 1 saturated heterocycles. The van der Waals surface area contributed by atoms with Gasteiger partial charge in [0.05, 0.1) is 12.7 Å². The smallest absolute Gasteiger partial charge is 0.119 e. The number of piperazine rings is 1. The van der Waals surface area contributed by atoms with E-state index in [9.17, 15) is 0 Å². The summed E-state index contributed by atoms with van der Waals surface area (Å²) in [5.41, 5.74) is 1.26. The number of hydrogen-bond donors (Lipinski definition) is 1. The second kappa shape index (κ2) is 7.65. The van der Waals surface area contributed by atoms with E-state index in [0.29, 0.717) is 13.0 Å². The molecular weight excluding hydrogens is 238 g/mol. The Labute approximate surface area is 115 Å². The Bertz CT molecular complexity index is 404. The van der Waals surface area contributed by atoms with Gasteiger partial charge in [-0.3, -0.25) is 0 Å². The van der Waals surface area contributed by atoms with Crippen molar-refractivity contribution < 1.29 is 4.74 Å². The summed E-state index contributed by atoms with van der Waals surface area (Å²) in [5.74, 6) is 0.913. The molecule has 0 amide bonds. The quantitative estimate of drug-likeness (QED) is 0.795. The van der Waals surface area contributed by atoms with Gasteiger partial charge in [-0.05, 0) is 37.1 Å². The van der Waals surface area contributed by atoms with Crippen molar-refractivity contribution in [2.24, 2.45) is 0 Å². The van der Waals surface area contributed by atoms with Gasteiger partial charge < -0.3 is 15.0 Å². The van der Waals surface area contributed by atoms with Crippen LogP contribution >= 0.6 is 0 Å². The van der Waals surface area contributed by atoms with Crippen LogP contribution in [0.1, 0.15) is 19.3 Å². The van der Waals surface area contributed by atoms with E-state index in [4.69, 9.17) is 10.00 Å². The minimum Gasteiger partial charge on any atom is -0.494 e. The average Bonchev–Trinajstić information content (AvgIpc) is 2.49. The fourth-order valence-electron chi connectivity index (χ4n) is 2.17. The summed E-state index contributed by atoms with van der Waals surface area (Å²) in [6, 6.07) is 10.4. The molecule has 1 fully saturated rings. The van der Waals surface area contributed by atoms with Gasteiger partial charge in [-0.2, -0.15) is 5.26 Å². The molecule has 4 heteroatoms. The van der Waals surface area contributed by atoms with Gasteiger partial charge in [-0.15, -0.1) is 0 Å². The molecule has 0 bridgehead atoms. The molecule has 2 rings (SSSR count). The maximum Gasteiger partial charge on any atom is 0.119 e. The van der Waals surface area contributed by atoms with E-state index in [1.165, 1.54) is 5.69 Å². The number of benzene rings is 1. The van der Waals surface area contributed by atoms with Gasteiger partial charge in [0.15, 0.2) is 0 Å². The maximum atomic E-state index is 8.44. The molecule has 19 heavy (non-hydrogen) atoms. The van der Waals surface area contributed by atoms with Crippen LogP contribution in [0.5, 0.6) is 5.75 Å². The highest BCUT2D eigenvalue weighted by Crippen LogP contribution is 2.20. The largest absolute Gasteiger partial charge is 0.494 e. The van der Waals surface area contributed by atoms with Crippen LogP contribution < -0.4 is 15.0 Å². The second-order valence-electron chi connectivity index (χ2n) is 4.69. The first-order chi connectivity index (χ1) is 9.40. The third kappa shape index (κ3) is 4.46. The first-order valence-corrected chi connectivity index (χ1v) is 6.95. The predicted octanol–water partition coefficient (Wildman–Crippen LogP) is 2.17. The Morgan fingerprint density at radius 1 is 1.16 bits per heavy atom. The van der Waals surface area contributed by atoms with E-state index >= 15 is 0 Å². The topological polar surface area (TPSA) is 48.3 Å². The average molecular weight is 259 g/mol. The van der Waals surface area contributed by atoms with Crippen LogP contribution in [-0.4, -0.2) is 32.8 Å². The summed E-state index contributed by atoms with van der Waals surface area (Å²) >= 11 is 0. The molecule has 1 heterocycles. The Balaban J connectivity index is 1.76. The number of hydrogen-bond acceptors (Lipinski definition) is 4. The van der Waals surface area contributed by atoms with Crippen molar-refractivity contribution in [2.75, 3.05) is 37.7 Å². The Hall–Kier alpha value is -1.73. The predicted molar refractivity (Wildman–Crippen MR) is 76.5 cm³/mol. The molecule has 102 valence electrons. The first-order valence-electron chi connectivity index (χ1n) is 6.95. The van der Waals surface area contributed by atoms with Crippen molar-refractivity contribution in [3.8, 4) is 11.8 Å².